The van der Waals surface area contributed by atoms with E-state index in [0.29, 0.717) is 17.7 Å². The van der Waals surface area contributed by atoms with Crippen molar-refractivity contribution in [3.05, 3.63) is 82.7 Å². The van der Waals surface area contributed by atoms with Crippen molar-refractivity contribution < 1.29 is 35.1 Å². The largest absolute Gasteiger partial charge is 0.494 e. The Morgan fingerprint density at radius 2 is 1.65 bits per heavy atom. The summed E-state index contributed by atoms with van der Waals surface area (Å²) in [5.74, 6) is -6.40. The maximum absolute atomic E-state index is 14.8. The first-order valence-electron chi connectivity index (χ1n) is 10.1. The molecule has 0 aromatic heterocycles. The third-order valence-electron chi connectivity index (χ3n) is 5.52. The van der Waals surface area contributed by atoms with Gasteiger partial charge in [-0.2, -0.15) is 0 Å². The summed E-state index contributed by atoms with van der Waals surface area (Å²) in [5.41, 5.74) is -0.793. The lowest BCUT2D eigenvalue weighted by Gasteiger charge is -2.19. The zero-order valence-corrected chi connectivity index (χ0v) is 18.7. The Bertz CT molecular complexity index is 1380. The van der Waals surface area contributed by atoms with Crippen LogP contribution in [0.1, 0.15) is 23.5 Å². The van der Waals surface area contributed by atoms with Gasteiger partial charge in [0.25, 0.3) is 0 Å². The predicted molar refractivity (Wildman–Crippen MR) is 117 cm³/mol. The molecule has 0 bridgehead atoms. The zero-order chi connectivity index (χ0) is 24.8. The Labute approximate surface area is 192 Å². The fourth-order valence-corrected chi connectivity index (χ4v) is 5.38. The first-order valence-corrected chi connectivity index (χ1v) is 11.6. The predicted octanol–water partition coefficient (Wildman–Crippen LogP) is 5.74. The van der Waals surface area contributed by atoms with Crippen LogP contribution in [0.2, 0.25) is 0 Å². The van der Waals surface area contributed by atoms with Crippen LogP contribution in [0.3, 0.4) is 0 Å². The summed E-state index contributed by atoms with van der Waals surface area (Å²) in [7, 11) is -3.15. The standard InChI is InChI=1S/C23H19F5N2O3S/c1-11-3-6-18(16(26)7-11)29-23-21(28)17(27)10-19(33-2)22(23)30-34(31,32)20-9-14(20)13-5-4-12(24)8-15(13)25/h3-8,10,14,20,29-30H,9H2,1-2H3. The van der Waals surface area contributed by atoms with Gasteiger partial charge in [0, 0.05) is 18.1 Å². The molecule has 4 rings (SSSR count). The number of benzene rings is 3. The molecule has 1 saturated carbocycles. The van der Waals surface area contributed by atoms with Crippen molar-refractivity contribution in [2.45, 2.75) is 24.5 Å². The van der Waals surface area contributed by atoms with Crippen LogP contribution in [0, 0.1) is 36.0 Å². The van der Waals surface area contributed by atoms with Crippen molar-refractivity contribution in [3.8, 4) is 5.75 Å². The maximum atomic E-state index is 14.8. The van der Waals surface area contributed by atoms with E-state index >= 15 is 0 Å². The molecule has 1 aliphatic carbocycles. The second kappa shape index (κ2) is 8.79. The first kappa shape index (κ1) is 23.8. The van der Waals surface area contributed by atoms with Crippen LogP contribution in [-0.2, 0) is 10.0 Å². The molecule has 0 heterocycles. The molecule has 2 N–H and O–H groups in total. The summed E-state index contributed by atoms with van der Waals surface area (Å²) in [6.07, 6.45) is 0.0270. The third kappa shape index (κ3) is 4.52. The number of ether oxygens (including phenoxy) is 1. The van der Waals surface area contributed by atoms with Gasteiger partial charge >= 0.3 is 0 Å². The average Bonchev–Trinajstić information content (AvgIpc) is 3.56. The highest BCUT2D eigenvalue weighted by Gasteiger charge is 2.50. The quantitative estimate of drug-likeness (QED) is 0.408. The molecule has 0 radical (unpaired) electrons. The fourth-order valence-electron chi connectivity index (χ4n) is 3.70. The highest BCUT2D eigenvalue weighted by atomic mass is 32.2. The van der Waals surface area contributed by atoms with E-state index in [0.717, 1.165) is 25.3 Å². The first-order chi connectivity index (χ1) is 16.0. The Morgan fingerprint density at radius 1 is 0.912 bits per heavy atom. The number of halogens is 5. The summed E-state index contributed by atoms with van der Waals surface area (Å²) in [4.78, 5) is 0. The van der Waals surface area contributed by atoms with Crippen LogP contribution < -0.4 is 14.8 Å². The molecule has 3 aromatic rings. The van der Waals surface area contributed by atoms with Gasteiger partial charge in [0.1, 0.15) is 34.6 Å². The van der Waals surface area contributed by atoms with Crippen LogP contribution in [-0.4, -0.2) is 20.8 Å². The van der Waals surface area contributed by atoms with Crippen LogP contribution in [0.4, 0.5) is 39.0 Å². The Hall–Kier alpha value is -3.34. The normalized spacial score (nSPS) is 17.4. The molecule has 11 heteroatoms. The number of hydrogen-bond acceptors (Lipinski definition) is 4. The van der Waals surface area contributed by atoms with Crippen LogP contribution in [0.5, 0.6) is 5.75 Å². The molecule has 34 heavy (non-hydrogen) atoms. The Kier molecular flexibility index (Phi) is 6.15. The number of rotatable bonds is 7. The topological polar surface area (TPSA) is 67.4 Å². The minimum absolute atomic E-state index is 0.0223. The molecule has 0 aliphatic heterocycles. The number of hydrogen-bond donors (Lipinski definition) is 2. The molecule has 1 fully saturated rings. The van der Waals surface area contributed by atoms with Gasteiger partial charge in [-0.25, -0.2) is 30.4 Å². The van der Waals surface area contributed by atoms with Crippen LogP contribution >= 0.6 is 0 Å². The number of sulfonamides is 1. The molecule has 2 unspecified atom stereocenters. The lowest BCUT2D eigenvalue weighted by Crippen LogP contribution is -2.21. The van der Waals surface area contributed by atoms with E-state index in [1.54, 1.807) is 6.92 Å². The van der Waals surface area contributed by atoms with Crippen molar-refractivity contribution in [2.24, 2.45) is 0 Å². The Balaban J connectivity index is 1.70. The summed E-state index contributed by atoms with van der Waals surface area (Å²) < 4.78 is 104. The van der Waals surface area contributed by atoms with E-state index < -0.39 is 61.7 Å². The van der Waals surface area contributed by atoms with E-state index in [-0.39, 0.29) is 23.4 Å². The van der Waals surface area contributed by atoms with Crippen molar-refractivity contribution in [1.82, 2.24) is 0 Å². The summed E-state index contributed by atoms with van der Waals surface area (Å²) in [6, 6.07) is 7.45. The number of aryl methyl sites for hydroxylation is 1. The second-order valence-corrected chi connectivity index (χ2v) is 9.83. The average molecular weight is 498 g/mol. The van der Waals surface area contributed by atoms with Crippen molar-refractivity contribution in [2.75, 3.05) is 17.1 Å². The number of nitrogens with one attached hydrogen (secondary N) is 2. The molecule has 0 amide bonds. The SMILES string of the molecule is COc1cc(F)c(F)c(Nc2ccc(C)cc2F)c1NS(=O)(=O)C1CC1c1ccc(F)cc1F. The summed E-state index contributed by atoms with van der Waals surface area (Å²) >= 11 is 0. The van der Waals surface area contributed by atoms with Gasteiger partial charge in [-0.3, -0.25) is 4.72 Å². The van der Waals surface area contributed by atoms with Gasteiger partial charge in [0.15, 0.2) is 11.6 Å². The van der Waals surface area contributed by atoms with Crippen molar-refractivity contribution in [3.63, 3.8) is 0 Å². The minimum Gasteiger partial charge on any atom is -0.494 e. The maximum Gasteiger partial charge on any atom is 0.236 e. The summed E-state index contributed by atoms with van der Waals surface area (Å²) in [6.45, 7) is 1.63. The molecular formula is C23H19F5N2O3S. The van der Waals surface area contributed by atoms with Crippen LogP contribution in [0.15, 0.2) is 42.5 Å². The smallest absolute Gasteiger partial charge is 0.236 e. The number of methoxy groups -OCH3 is 1. The van der Waals surface area contributed by atoms with Gasteiger partial charge in [-0.15, -0.1) is 0 Å². The summed E-state index contributed by atoms with van der Waals surface area (Å²) in [5, 5.41) is 1.28. The van der Waals surface area contributed by atoms with E-state index in [1.165, 1.54) is 12.1 Å². The molecule has 5 nitrogen and oxygen atoms in total. The van der Waals surface area contributed by atoms with E-state index in [2.05, 4.69) is 10.0 Å². The van der Waals surface area contributed by atoms with Gasteiger partial charge in [0.05, 0.1) is 18.0 Å². The highest BCUT2D eigenvalue weighted by molar-refractivity contribution is 7.93. The lowest BCUT2D eigenvalue weighted by atomic mass is 10.1. The van der Waals surface area contributed by atoms with Gasteiger partial charge in [-0.1, -0.05) is 12.1 Å². The third-order valence-corrected chi connectivity index (χ3v) is 7.33. The highest BCUT2D eigenvalue weighted by Crippen LogP contribution is 2.49. The van der Waals surface area contributed by atoms with Gasteiger partial charge < -0.3 is 10.1 Å². The molecule has 2 atom stereocenters. The van der Waals surface area contributed by atoms with Crippen molar-refractivity contribution in [1.29, 1.82) is 0 Å². The molecule has 0 spiro atoms. The number of anilines is 3. The van der Waals surface area contributed by atoms with Gasteiger partial charge in [0.2, 0.25) is 10.0 Å². The second-order valence-electron chi connectivity index (χ2n) is 7.93. The van der Waals surface area contributed by atoms with E-state index in [9.17, 15) is 30.4 Å². The fraction of sp³-hybridized carbons (Fsp3) is 0.217. The zero-order valence-electron chi connectivity index (χ0n) is 17.9. The van der Waals surface area contributed by atoms with Gasteiger partial charge in [-0.05, 0) is 42.7 Å². The molecular weight excluding hydrogens is 479 g/mol. The Morgan fingerprint density at radius 3 is 2.29 bits per heavy atom. The molecule has 1 aliphatic rings. The molecule has 180 valence electrons. The van der Waals surface area contributed by atoms with Crippen molar-refractivity contribution >= 4 is 27.1 Å². The molecule has 0 saturated heterocycles. The van der Waals surface area contributed by atoms with Crippen LogP contribution in [0.25, 0.3) is 0 Å². The van der Waals surface area contributed by atoms with E-state index in [1.807, 2.05) is 0 Å². The van der Waals surface area contributed by atoms with E-state index in [4.69, 9.17) is 4.74 Å². The monoisotopic (exact) mass is 498 g/mol. The molecule has 3 aromatic carbocycles. The minimum atomic E-state index is -4.27. The lowest BCUT2D eigenvalue weighted by molar-refractivity contribution is 0.409.